The predicted molar refractivity (Wildman–Crippen MR) is 79.6 cm³/mol. The van der Waals surface area contributed by atoms with E-state index < -0.39 is 9.84 Å². The fraction of sp³-hybridized carbons (Fsp3) is 0.267. The molecule has 5 heteroatoms. The number of aromatic nitrogens is 1. The van der Waals surface area contributed by atoms with Gasteiger partial charge in [0.15, 0.2) is 9.84 Å². The second kappa shape index (κ2) is 6.15. The molecule has 0 bridgehead atoms. The number of benzene rings is 1. The summed E-state index contributed by atoms with van der Waals surface area (Å²) in [5.41, 5.74) is 8.82. The van der Waals surface area contributed by atoms with Gasteiger partial charge in [0.2, 0.25) is 0 Å². The minimum atomic E-state index is -3.20. The van der Waals surface area contributed by atoms with Gasteiger partial charge in [-0.3, -0.25) is 4.98 Å². The topological polar surface area (TPSA) is 73.0 Å². The van der Waals surface area contributed by atoms with Gasteiger partial charge in [0.25, 0.3) is 0 Å². The van der Waals surface area contributed by atoms with Crippen molar-refractivity contribution in [3.63, 3.8) is 0 Å². The molecule has 0 aliphatic heterocycles. The molecule has 1 aromatic carbocycles. The highest BCUT2D eigenvalue weighted by Crippen LogP contribution is 2.14. The third-order valence-corrected chi connectivity index (χ3v) is 4.49. The van der Waals surface area contributed by atoms with E-state index in [2.05, 4.69) is 4.98 Å². The zero-order valence-corrected chi connectivity index (χ0v) is 12.2. The van der Waals surface area contributed by atoms with E-state index in [1.807, 2.05) is 31.2 Å². The summed E-state index contributed by atoms with van der Waals surface area (Å²) in [7, 11) is -3.20. The molecule has 1 aromatic heterocycles. The second-order valence-corrected chi connectivity index (χ2v) is 6.95. The van der Waals surface area contributed by atoms with E-state index in [4.69, 9.17) is 5.73 Å². The summed E-state index contributed by atoms with van der Waals surface area (Å²) in [6, 6.07) is 11.0. The molecule has 0 amide bonds. The zero-order valence-electron chi connectivity index (χ0n) is 11.4. The molecule has 0 fully saturated rings. The number of pyridine rings is 1. The van der Waals surface area contributed by atoms with Crippen molar-refractivity contribution in [2.24, 2.45) is 5.73 Å². The summed E-state index contributed by atoms with van der Waals surface area (Å²) in [5.74, 6) is 0.0609. The van der Waals surface area contributed by atoms with Gasteiger partial charge in [-0.2, -0.15) is 0 Å². The van der Waals surface area contributed by atoms with E-state index in [1.165, 1.54) is 0 Å². The third kappa shape index (κ3) is 4.15. The molecule has 2 N–H and O–H groups in total. The molecule has 4 nitrogen and oxygen atoms in total. The molecule has 106 valence electrons. The molecule has 0 spiro atoms. The highest BCUT2D eigenvalue weighted by molar-refractivity contribution is 7.89. The van der Waals surface area contributed by atoms with Gasteiger partial charge in [0.1, 0.15) is 0 Å². The quantitative estimate of drug-likeness (QED) is 0.913. The highest BCUT2D eigenvalue weighted by atomic mass is 32.2. The SMILES string of the molecule is Cc1cccc(CS(=O)(=O)Cc2ccnc(CN)c2)c1. The molecule has 0 aliphatic carbocycles. The van der Waals surface area contributed by atoms with Crippen LogP contribution >= 0.6 is 0 Å². The zero-order chi connectivity index (χ0) is 14.6. The molecule has 0 saturated carbocycles. The average Bonchev–Trinajstić information content (AvgIpc) is 2.37. The Bertz CT molecular complexity index is 697. The minimum absolute atomic E-state index is 0.0104. The summed E-state index contributed by atoms with van der Waals surface area (Å²) in [6.07, 6.45) is 1.60. The number of rotatable bonds is 5. The van der Waals surface area contributed by atoms with Gasteiger partial charge in [0, 0.05) is 12.7 Å². The Balaban J connectivity index is 2.14. The Morgan fingerprint density at radius 2 is 1.80 bits per heavy atom. The van der Waals surface area contributed by atoms with Crippen LogP contribution in [0, 0.1) is 6.92 Å². The van der Waals surface area contributed by atoms with E-state index >= 15 is 0 Å². The maximum atomic E-state index is 12.2. The van der Waals surface area contributed by atoms with Gasteiger partial charge in [-0.25, -0.2) is 8.42 Å². The maximum Gasteiger partial charge on any atom is 0.158 e. The summed E-state index contributed by atoms with van der Waals surface area (Å²) in [5, 5.41) is 0. The Kier molecular flexibility index (Phi) is 4.52. The fourth-order valence-corrected chi connectivity index (χ4v) is 3.57. The first-order valence-electron chi connectivity index (χ1n) is 6.38. The lowest BCUT2D eigenvalue weighted by atomic mass is 10.2. The van der Waals surface area contributed by atoms with Crippen molar-refractivity contribution >= 4 is 9.84 Å². The van der Waals surface area contributed by atoms with Crippen LogP contribution in [-0.2, 0) is 27.9 Å². The Morgan fingerprint density at radius 1 is 1.10 bits per heavy atom. The molecule has 0 unspecified atom stereocenters. The first-order valence-corrected chi connectivity index (χ1v) is 8.20. The Labute approximate surface area is 119 Å². The van der Waals surface area contributed by atoms with Crippen molar-refractivity contribution in [2.45, 2.75) is 25.0 Å². The van der Waals surface area contributed by atoms with Crippen molar-refractivity contribution in [1.82, 2.24) is 4.98 Å². The Hall–Kier alpha value is -1.72. The second-order valence-electron chi connectivity index (χ2n) is 4.88. The fourth-order valence-electron chi connectivity index (χ4n) is 2.09. The molecule has 0 saturated heterocycles. The largest absolute Gasteiger partial charge is 0.325 e. The van der Waals surface area contributed by atoms with Crippen LogP contribution in [0.2, 0.25) is 0 Å². The minimum Gasteiger partial charge on any atom is -0.325 e. The van der Waals surface area contributed by atoms with Gasteiger partial charge in [0.05, 0.1) is 17.2 Å². The number of aryl methyl sites for hydroxylation is 1. The number of hydrogen-bond acceptors (Lipinski definition) is 4. The lowest BCUT2D eigenvalue weighted by Crippen LogP contribution is -2.09. The van der Waals surface area contributed by atoms with Crippen LogP contribution in [0.3, 0.4) is 0 Å². The molecular weight excluding hydrogens is 272 g/mol. The number of nitrogens with two attached hydrogens (primary N) is 1. The van der Waals surface area contributed by atoms with Crippen molar-refractivity contribution < 1.29 is 8.42 Å². The van der Waals surface area contributed by atoms with Crippen LogP contribution in [0.15, 0.2) is 42.6 Å². The summed E-state index contributed by atoms with van der Waals surface area (Å²) in [6.45, 7) is 2.26. The molecule has 2 rings (SSSR count). The molecule has 2 aromatic rings. The van der Waals surface area contributed by atoms with E-state index in [0.29, 0.717) is 12.2 Å². The predicted octanol–water partition coefficient (Wildman–Crippen LogP) is 1.96. The van der Waals surface area contributed by atoms with Crippen LogP contribution in [0.1, 0.15) is 22.4 Å². The van der Waals surface area contributed by atoms with Gasteiger partial charge < -0.3 is 5.73 Å². The van der Waals surface area contributed by atoms with Gasteiger partial charge in [-0.05, 0) is 30.2 Å². The van der Waals surface area contributed by atoms with Gasteiger partial charge in [-0.15, -0.1) is 0 Å². The van der Waals surface area contributed by atoms with Crippen molar-refractivity contribution in [2.75, 3.05) is 0 Å². The molecule has 0 radical (unpaired) electrons. The van der Waals surface area contributed by atoms with Crippen LogP contribution < -0.4 is 5.73 Å². The molecule has 20 heavy (non-hydrogen) atoms. The molecule has 1 heterocycles. The maximum absolute atomic E-state index is 12.2. The van der Waals surface area contributed by atoms with Gasteiger partial charge >= 0.3 is 0 Å². The van der Waals surface area contributed by atoms with E-state index in [1.54, 1.807) is 18.3 Å². The van der Waals surface area contributed by atoms with Crippen molar-refractivity contribution in [1.29, 1.82) is 0 Å². The summed E-state index contributed by atoms with van der Waals surface area (Å²) >= 11 is 0. The molecule has 0 aliphatic rings. The third-order valence-electron chi connectivity index (χ3n) is 2.95. The molecular formula is C15H18N2O2S. The van der Waals surface area contributed by atoms with Crippen LogP contribution in [0.4, 0.5) is 0 Å². The number of sulfone groups is 1. The smallest absolute Gasteiger partial charge is 0.158 e. The Morgan fingerprint density at radius 3 is 2.45 bits per heavy atom. The first-order chi connectivity index (χ1) is 9.48. The van der Waals surface area contributed by atoms with Crippen molar-refractivity contribution in [3.8, 4) is 0 Å². The van der Waals surface area contributed by atoms with Crippen LogP contribution in [0.25, 0.3) is 0 Å². The standard InChI is InChI=1S/C15H18N2O2S/c1-12-3-2-4-13(7-12)10-20(18,19)11-14-5-6-17-15(8-14)9-16/h2-8H,9-11,16H2,1H3. The van der Waals surface area contributed by atoms with Crippen LogP contribution in [0.5, 0.6) is 0 Å². The highest BCUT2D eigenvalue weighted by Gasteiger charge is 2.13. The monoisotopic (exact) mass is 290 g/mol. The van der Waals surface area contributed by atoms with E-state index in [9.17, 15) is 8.42 Å². The van der Waals surface area contributed by atoms with Gasteiger partial charge in [-0.1, -0.05) is 29.8 Å². The molecule has 0 atom stereocenters. The average molecular weight is 290 g/mol. The number of nitrogens with zero attached hydrogens (tertiary/aromatic N) is 1. The number of hydrogen-bond donors (Lipinski definition) is 1. The van der Waals surface area contributed by atoms with E-state index in [-0.39, 0.29) is 11.5 Å². The summed E-state index contributed by atoms with van der Waals surface area (Å²) < 4.78 is 24.5. The lowest BCUT2D eigenvalue weighted by molar-refractivity contribution is 0.594. The summed E-state index contributed by atoms with van der Waals surface area (Å²) in [4.78, 5) is 4.06. The lowest BCUT2D eigenvalue weighted by Gasteiger charge is -2.06. The van der Waals surface area contributed by atoms with Crippen molar-refractivity contribution in [3.05, 3.63) is 65.0 Å². The van der Waals surface area contributed by atoms with E-state index in [0.717, 1.165) is 16.7 Å². The normalized spacial score (nSPS) is 11.5. The van der Waals surface area contributed by atoms with Crippen LogP contribution in [-0.4, -0.2) is 13.4 Å². The first kappa shape index (κ1) is 14.7.